The van der Waals surface area contributed by atoms with Gasteiger partial charge in [0, 0.05) is 43.7 Å². The quantitative estimate of drug-likeness (QED) is 0.495. The Morgan fingerprint density at radius 2 is 2.32 bits per heavy atom. The molecule has 0 radical (unpaired) electrons. The van der Waals surface area contributed by atoms with Crippen LogP contribution in [0.5, 0.6) is 5.75 Å². The Hall–Kier alpha value is -1.46. The molecule has 1 aromatic carbocycles. The van der Waals surface area contributed by atoms with E-state index < -0.39 is 0 Å². The van der Waals surface area contributed by atoms with E-state index in [0.29, 0.717) is 12.0 Å². The molecule has 5 nitrogen and oxygen atoms in total. The lowest BCUT2D eigenvalue weighted by Gasteiger charge is -2.25. The minimum absolute atomic E-state index is 0.354. The SMILES string of the molecule is CN=C(NCCCOc1ccc(Cl)cc1C)N1CCC2(CCOC2)C1. The summed E-state index contributed by atoms with van der Waals surface area (Å²) in [5.41, 5.74) is 1.42. The van der Waals surface area contributed by atoms with Gasteiger partial charge in [0.15, 0.2) is 5.96 Å². The van der Waals surface area contributed by atoms with Gasteiger partial charge in [-0.25, -0.2) is 0 Å². The molecule has 0 aliphatic carbocycles. The smallest absolute Gasteiger partial charge is 0.193 e. The van der Waals surface area contributed by atoms with Gasteiger partial charge in [0.05, 0.1) is 13.2 Å². The molecule has 2 heterocycles. The Kier molecular flexibility index (Phi) is 6.07. The number of benzene rings is 1. The first-order valence-electron chi connectivity index (χ1n) is 9.04. The van der Waals surface area contributed by atoms with Crippen molar-refractivity contribution in [3.05, 3.63) is 28.8 Å². The monoisotopic (exact) mass is 365 g/mol. The van der Waals surface area contributed by atoms with Crippen LogP contribution in [-0.4, -0.2) is 57.4 Å². The predicted octanol–water partition coefficient (Wildman–Crippen LogP) is 3.11. The standard InChI is InChI=1S/C19H28ClN3O2/c1-15-12-16(20)4-5-17(15)25-10-3-8-22-18(21-2)23-9-6-19(13-23)7-11-24-14-19/h4-5,12H,3,6-11,13-14H2,1-2H3,(H,21,22). The number of hydrogen-bond acceptors (Lipinski definition) is 3. The number of likely N-dealkylation sites (tertiary alicyclic amines) is 1. The summed E-state index contributed by atoms with van der Waals surface area (Å²) < 4.78 is 11.4. The minimum Gasteiger partial charge on any atom is -0.493 e. The van der Waals surface area contributed by atoms with Gasteiger partial charge in [0.1, 0.15) is 5.75 Å². The van der Waals surface area contributed by atoms with Crippen molar-refractivity contribution in [3.8, 4) is 5.75 Å². The molecule has 25 heavy (non-hydrogen) atoms. The van der Waals surface area contributed by atoms with E-state index in [1.165, 1.54) is 12.8 Å². The molecule has 2 fully saturated rings. The molecule has 1 unspecified atom stereocenters. The molecule has 0 bridgehead atoms. The average Bonchev–Trinajstić information content (AvgIpc) is 3.23. The number of aryl methyl sites for hydroxylation is 1. The van der Waals surface area contributed by atoms with Crippen LogP contribution in [-0.2, 0) is 4.74 Å². The molecule has 0 amide bonds. The molecule has 138 valence electrons. The van der Waals surface area contributed by atoms with Gasteiger partial charge < -0.3 is 19.7 Å². The molecule has 0 saturated carbocycles. The molecule has 1 aromatic rings. The highest BCUT2D eigenvalue weighted by Crippen LogP contribution is 2.38. The van der Waals surface area contributed by atoms with Crippen LogP contribution in [0.4, 0.5) is 0 Å². The van der Waals surface area contributed by atoms with E-state index in [0.717, 1.165) is 61.6 Å². The topological polar surface area (TPSA) is 46.1 Å². The van der Waals surface area contributed by atoms with Crippen LogP contribution in [0.3, 0.4) is 0 Å². The fourth-order valence-corrected chi connectivity index (χ4v) is 3.88. The van der Waals surface area contributed by atoms with Gasteiger partial charge in [-0.1, -0.05) is 11.6 Å². The fraction of sp³-hybridized carbons (Fsp3) is 0.632. The van der Waals surface area contributed by atoms with Crippen LogP contribution in [0, 0.1) is 12.3 Å². The summed E-state index contributed by atoms with van der Waals surface area (Å²) in [5.74, 6) is 1.89. The summed E-state index contributed by atoms with van der Waals surface area (Å²) >= 11 is 5.97. The zero-order valence-electron chi connectivity index (χ0n) is 15.2. The number of nitrogens with zero attached hydrogens (tertiary/aromatic N) is 2. The van der Waals surface area contributed by atoms with E-state index in [4.69, 9.17) is 21.1 Å². The Morgan fingerprint density at radius 3 is 3.04 bits per heavy atom. The highest BCUT2D eigenvalue weighted by Gasteiger charge is 2.42. The third-order valence-corrected chi connectivity index (χ3v) is 5.37. The second kappa shape index (κ2) is 8.28. The normalized spacial score (nSPS) is 23.5. The zero-order valence-corrected chi connectivity index (χ0v) is 15.9. The maximum absolute atomic E-state index is 5.97. The van der Waals surface area contributed by atoms with Gasteiger partial charge in [-0.3, -0.25) is 4.99 Å². The fourth-order valence-electron chi connectivity index (χ4n) is 3.65. The molecule has 6 heteroatoms. The number of aliphatic imine (C=N–C) groups is 1. The van der Waals surface area contributed by atoms with Gasteiger partial charge in [0.2, 0.25) is 0 Å². The van der Waals surface area contributed by atoms with Crippen molar-refractivity contribution in [1.29, 1.82) is 0 Å². The number of ether oxygens (including phenoxy) is 2. The third-order valence-electron chi connectivity index (χ3n) is 5.13. The van der Waals surface area contributed by atoms with E-state index in [9.17, 15) is 0 Å². The number of halogens is 1. The molecule has 1 N–H and O–H groups in total. The van der Waals surface area contributed by atoms with Gasteiger partial charge in [-0.2, -0.15) is 0 Å². The molecule has 1 atom stereocenters. The van der Waals surface area contributed by atoms with E-state index >= 15 is 0 Å². The lowest BCUT2D eigenvalue weighted by molar-refractivity contribution is 0.156. The van der Waals surface area contributed by atoms with Crippen LogP contribution in [0.1, 0.15) is 24.8 Å². The summed E-state index contributed by atoms with van der Waals surface area (Å²) in [6, 6.07) is 5.71. The van der Waals surface area contributed by atoms with Crippen molar-refractivity contribution in [3.63, 3.8) is 0 Å². The Morgan fingerprint density at radius 1 is 1.44 bits per heavy atom. The number of hydrogen-bond donors (Lipinski definition) is 1. The molecule has 0 aromatic heterocycles. The first-order chi connectivity index (χ1) is 12.1. The van der Waals surface area contributed by atoms with Gasteiger partial charge in [-0.15, -0.1) is 0 Å². The van der Waals surface area contributed by atoms with Crippen LogP contribution < -0.4 is 10.1 Å². The Bertz CT molecular complexity index is 615. The largest absolute Gasteiger partial charge is 0.493 e. The number of rotatable bonds is 5. The zero-order chi connectivity index (χ0) is 17.7. The molecular formula is C19H28ClN3O2. The molecule has 2 aliphatic heterocycles. The van der Waals surface area contributed by atoms with Crippen molar-refractivity contribution in [2.45, 2.75) is 26.2 Å². The highest BCUT2D eigenvalue weighted by atomic mass is 35.5. The first-order valence-corrected chi connectivity index (χ1v) is 9.42. The maximum atomic E-state index is 5.97. The summed E-state index contributed by atoms with van der Waals surface area (Å²) in [6.07, 6.45) is 3.30. The van der Waals surface area contributed by atoms with Crippen LogP contribution in [0.25, 0.3) is 0 Å². The number of nitrogens with one attached hydrogen (secondary N) is 1. The maximum Gasteiger partial charge on any atom is 0.193 e. The van der Waals surface area contributed by atoms with Crippen molar-refractivity contribution in [1.82, 2.24) is 10.2 Å². The van der Waals surface area contributed by atoms with E-state index in [-0.39, 0.29) is 0 Å². The van der Waals surface area contributed by atoms with E-state index in [1.54, 1.807) is 0 Å². The molecule has 2 saturated heterocycles. The summed E-state index contributed by atoms with van der Waals surface area (Å²) in [6.45, 7) is 7.44. The Labute approximate surface area is 155 Å². The lowest BCUT2D eigenvalue weighted by Crippen LogP contribution is -2.42. The predicted molar refractivity (Wildman–Crippen MR) is 102 cm³/mol. The van der Waals surface area contributed by atoms with Crippen LogP contribution >= 0.6 is 11.6 Å². The van der Waals surface area contributed by atoms with E-state index in [2.05, 4.69) is 15.2 Å². The third kappa shape index (κ3) is 4.59. The van der Waals surface area contributed by atoms with Crippen LogP contribution in [0.15, 0.2) is 23.2 Å². The molecule has 3 rings (SSSR count). The number of guanidine groups is 1. The first kappa shape index (κ1) is 18.3. The summed E-state index contributed by atoms with van der Waals surface area (Å²) in [5, 5.41) is 4.20. The average molecular weight is 366 g/mol. The van der Waals surface area contributed by atoms with Crippen molar-refractivity contribution >= 4 is 17.6 Å². The van der Waals surface area contributed by atoms with Gasteiger partial charge >= 0.3 is 0 Å². The molecule has 2 aliphatic rings. The van der Waals surface area contributed by atoms with Crippen LogP contribution in [0.2, 0.25) is 5.02 Å². The lowest BCUT2D eigenvalue weighted by atomic mass is 9.87. The van der Waals surface area contributed by atoms with Crippen molar-refractivity contribution in [2.24, 2.45) is 10.4 Å². The summed E-state index contributed by atoms with van der Waals surface area (Å²) in [7, 11) is 1.85. The second-order valence-corrected chi connectivity index (χ2v) is 7.50. The highest BCUT2D eigenvalue weighted by molar-refractivity contribution is 6.30. The van der Waals surface area contributed by atoms with Crippen molar-refractivity contribution in [2.75, 3.05) is 46.5 Å². The van der Waals surface area contributed by atoms with E-state index in [1.807, 2.05) is 32.2 Å². The molecule has 1 spiro atoms. The van der Waals surface area contributed by atoms with Gasteiger partial charge in [-0.05, 0) is 49.9 Å². The molecular weight excluding hydrogens is 338 g/mol. The second-order valence-electron chi connectivity index (χ2n) is 7.06. The van der Waals surface area contributed by atoms with Gasteiger partial charge in [0.25, 0.3) is 0 Å². The summed E-state index contributed by atoms with van der Waals surface area (Å²) in [4.78, 5) is 6.80. The van der Waals surface area contributed by atoms with Crippen molar-refractivity contribution < 1.29 is 9.47 Å². The Balaban J connectivity index is 1.39. The minimum atomic E-state index is 0.354.